The Balaban J connectivity index is 2.22. The molecule has 0 N–H and O–H groups in total. The first kappa shape index (κ1) is 15.4. The number of halogens is 1. The number of alkyl halides is 1. The lowest BCUT2D eigenvalue weighted by atomic mass is 10.1. The third-order valence-corrected chi connectivity index (χ3v) is 3.76. The first-order valence-electron chi connectivity index (χ1n) is 6.53. The van der Waals surface area contributed by atoms with E-state index in [2.05, 4.69) is 35.0 Å². The van der Waals surface area contributed by atoms with Crippen LogP contribution in [0.3, 0.4) is 0 Å². The summed E-state index contributed by atoms with van der Waals surface area (Å²) in [6, 6.07) is 13.5. The van der Waals surface area contributed by atoms with Crippen LogP contribution in [-0.2, 0) is 11.9 Å². The summed E-state index contributed by atoms with van der Waals surface area (Å²) in [5.74, 6) is 1.56. The first-order valence-corrected chi connectivity index (χ1v) is 7.65. The minimum atomic E-state index is 0.363. The van der Waals surface area contributed by atoms with Gasteiger partial charge in [-0.05, 0) is 31.2 Å². The lowest BCUT2D eigenvalue weighted by Crippen LogP contribution is -2.01. The van der Waals surface area contributed by atoms with E-state index in [1.807, 2.05) is 12.1 Å². The predicted octanol–water partition coefficient (Wildman–Crippen LogP) is 4.35. The molecule has 2 aromatic rings. The summed E-state index contributed by atoms with van der Waals surface area (Å²) >= 11 is 3.47. The normalized spacial score (nSPS) is 10.0. The molecule has 0 aromatic heterocycles. The Morgan fingerprint density at radius 1 is 1.10 bits per heavy atom. The van der Waals surface area contributed by atoms with E-state index in [1.54, 1.807) is 25.3 Å². The van der Waals surface area contributed by atoms with Gasteiger partial charge in [-0.15, -0.1) is 0 Å². The van der Waals surface area contributed by atoms with Gasteiger partial charge in [0.1, 0.15) is 18.1 Å². The zero-order chi connectivity index (χ0) is 15.2. The van der Waals surface area contributed by atoms with E-state index in [4.69, 9.17) is 14.7 Å². The summed E-state index contributed by atoms with van der Waals surface area (Å²) in [6.45, 7) is 2.41. The highest BCUT2D eigenvalue weighted by Gasteiger charge is 2.08. The molecule has 0 bridgehead atoms. The fraction of sp³-hybridized carbons (Fsp3) is 0.235. The van der Waals surface area contributed by atoms with E-state index < -0.39 is 0 Å². The molecule has 0 amide bonds. The third-order valence-electron chi connectivity index (χ3n) is 3.15. The van der Waals surface area contributed by atoms with E-state index >= 15 is 0 Å². The minimum absolute atomic E-state index is 0.363. The molecule has 0 spiro atoms. The Kier molecular flexibility index (Phi) is 5.24. The summed E-state index contributed by atoms with van der Waals surface area (Å²) in [7, 11) is 1.61. The number of ether oxygens (including phenoxy) is 2. The topological polar surface area (TPSA) is 42.2 Å². The molecule has 2 rings (SSSR count). The molecule has 0 atom stereocenters. The molecule has 0 saturated carbocycles. The van der Waals surface area contributed by atoms with Gasteiger partial charge in [0.25, 0.3) is 0 Å². The molecular weight excluding hydrogens is 330 g/mol. The largest absolute Gasteiger partial charge is 0.496 e. The SMILES string of the molecule is COc1ccc(C#N)cc1COc1ccc(C)cc1CBr. The maximum absolute atomic E-state index is 8.99. The van der Waals surface area contributed by atoms with Crippen LogP contribution >= 0.6 is 15.9 Å². The molecule has 0 aliphatic rings. The van der Waals surface area contributed by atoms with Gasteiger partial charge in [0.05, 0.1) is 18.7 Å². The van der Waals surface area contributed by atoms with Gasteiger partial charge in [-0.3, -0.25) is 0 Å². The summed E-state index contributed by atoms with van der Waals surface area (Å²) in [4.78, 5) is 0. The molecule has 0 radical (unpaired) electrons. The molecule has 4 heteroatoms. The Morgan fingerprint density at radius 2 is 1.86 bits per heavy atom. The fourth-order valence-electron chi connectivity index (χ4n) is 2.07. The molecule has 3 nitrogen and oxygen atoms in total. The van der Waals surface area contributed by atoms with E-state index in [9.17, 15) is 0 Å². The average Bonchev–Trinajstić information content (AvgIpc) is 2.53. The molecule has 0 aliphatic carbocycles. The zero-order valence-electron chi connectivity index (χ0n) is 12.0. The van der Waals surface area contributed by atoms with Crippen molar-refractivity contribution in [3.8, 4) is 17.6 Å². The highest BCUT2D eigenvalue weighted by molar-refractivity contribution is 9.08. The second kappa shape index (κ2) is 7.14. The van der Waals surface area contributed by atoms with Crippen molar-refractivity contribution in [3.05, 3.63) is 58.7 Å². The van der Waals surface area contributed by atoms with Crippen molar-refractivity contribution in [2.24, 2.45) is 0 Å². The highest BCUT2D eigenvalue weighted by Crippen LogP contribution is 2.26. The van der Waals surface area contributed by atoms with E-state index in [0.29, 0.717) is 12.2 Å². The van der Waals surface area contributed by atoms with Crippen molar-refractivity contribution < 1.29 is 9.47 Å². The smallest absolute Gasteiger partial charge is 0.125 e. The number of nitrogens with zero attached hydrogens (tertiary/aromatic N) is 1. The fourth-order valence-corrected chi connectivity index (χ4v) is 2.51. The molecule has 0 fully saturated rings. The third kappa shape index (κ3) is 3.77. The van der Waals surface area contributed by atoms with E-state index in [0.717, 1.165) is 28.0 Å². The number of hydrogen-bond donors (Lipinski definition) is 0. The van der Waals surface area contributed by atoms with Crippen LogP contribution in [-0.4, -0.2) is 7.11 Å². The van der Waals surface area contributed by atoms with Gasteiger partial charge in [-0.1, -0.05) is 33.6 Å². The molecule has 0 heterocycles. The highest BCUT2D eigenvalue weighted by atomic mass is 79.9. The van der Waals surface area contributed by atoms with Crippen molar-refractivity contribution in [1.29, 1.82) is 5.26 Å². The van der Waals surface area contributed by atoms with Crippen molar-refractivity contribution in [2.75, 3.05) is 7.11 Å². The number of hydrogen-bond acceptors (Lipinski definition) is 3. The maximum atomic E-state index is 8.99. The molecule has 0 aliphatic heterocycles. The van der Waals surface area contributed by atoms with Gasteiger partial charge in [0, 0.05) is 16.5 Å². The molecule has 21 heavy (non-hydrogen) atoms. The Hall–Kier alpha value is -1.99. The van der Waals surface area contributed by atoms with Crippen LogP contribution in [0.25, 0.3) is 0 Å². The van der Waals surface area contributed by atoms with Gasteiger partial charge in [-0.25, -0.2) is 0 Å². The number of benzene rings is 2. The monoisotopic (exact) mass is 345 g/mol. The van der Waals surface area contributed by atoms with E-state index in [1.165, 1.54) is 5.56 Å². The van der Waals surface area contributed by atoms with Crippen LogP contribution < -0.4 is 9.47 Å². The minimum Gasteiger partial charge on any atom is -0.496 e. The van der Waals surface area contributed by atoms with Gasteiger partial charge in [0.2, 0.25) is 0 Å². The summed E-state index contributed by atoms with van der Waals surface area (Å²) < 4.78 is 11.2. The quantitative estimate of drug-likeness (QED) is 0.756. The second-order valence-electron chi connectivity index (χ2n) is 4.67. The lowest BCUT2D eigenvalue weighted by molar-refractivity contribution is 0.294. The lowest BCUT2D eigenvalue weighted by Gasteiger charge is -2.13. The molecule has 0 saturated heterocycles. The van der Waals surface area contributed by atoms with Crippen molar-refractivity contribution in [2.45, 2.75) is 18.9 Å². The van der Waals surface area contributed by atoms with Gasteiger partial charge in [-0.2, -0.15) is 5.26 Å². The van der Waals surface area contributed by atoms with Crippen LogP contribution in [0.2, 0.25) is 0 Å². The first-order chi connectivity index (χ1) is 10.2. The van der Waals surface area contributed by atoms with Crippen LogP contribution in [0.1, 0.15) is 22.3 Å². The van der Waals surface area contributed by atoms with Gasteiger partial charge >= 0.3 is 0 Å². The van der Waals surface area contributed by atoms with Crippen LogP contribution in [0, 0.1) is 18.3 Å². The number of rotatable bonds is 5. The summed E-state index contributed by atoms with van der Waals surface area (Å²) in [5, 5.41) is 9.72. The molecule has 108 valence electrons. The molecule has 2 aromatic carbocycles. The van der Waals surface area contributed by atoms with Gasteiger partial charge in [0.15, 0.2) is 0 Å². The second-order valence-corrected chi connectivity index (χ2v) is 5.23. The standard InChI is InChI=1S/C17H16BrNO2/c1-12-3-5-17(14(7-12)9-18)21-11-15-8-13(10-19)4-6-16(15)20-2/h3-8H,9,11H2,1-2H3. The van der Waals surface area contributed by atoms with Crippen LogP contribution in [0.4, 0.5) is 0 Å². The van der Waals surface area contributed by atoms with Crippen molar-refractivity contribution in [1.82, 2.24) is 0 Å². The number of methoxy groups -OCH3 is 1. The Labute approximate surface area is 133 Å². The molecule has 0 unspecified atom stereocenters. The summed E-state index contributed by atoms with van der Waals surface area (Å²) in [6.07, 6.45) is 0. The van der Waals surface area contributed by atoms with Crippen LogP contribution in [0.5, 0.6) is 11.5 Å². The zero-order valence-corrected chi connectivity index (χ0v) is 13.6. The van der Waals surface area contributed by atoms with Gasteiger partial charge < -0.3 is 9.47 Å². The molecular formula is C17H16BrNO2. The maximum Gasteiger partial charge on any atom is 0.125 e. The number of aryl methyl sites for hydroxylation is 1. The van der Waals surface area contributed by atoms with Crippen molar-refractivity contribution >= 4 is 15.9 Å². The number of nitriles is 1. The Morgan fingerprint density at radius 3 is 2.52 bits per heavy atom. The summed E-state index contributed by atoms with van der Waals surface area (Å²) in [5.41, 5.74) is 3.75. The predicted molar refractivity (Wildman–Crippen MR) is 85.9 cm³/mol. The average molecular weight is 346 g/mol. The van der Waals surface area contributed by atoms with Crippen LogP contribution in [0.15, 0.2) is 36.4 Å². The Bertz CT molecular complexity index is 677. The van der Waals surface area contributed by atoms with E-state index in [-0.39, 0.29) is 0 Å². The van der Waals surface area contributed by atoms with Crippen molar-refractivity contribution in [3.63, 3.8) is 0 Å².